The average molecular weight is 250 g/mol. The minimum atomic E-state index is -0.990. The Morgan fingerprint density at radius 2 is 2.39 bits per heavy atom. The highest BCUT2D eigenvalue weighted by molar-refractivity contribution is 5.94. The predicted octanol–water partition coefficient (Wildman–Crippen LogP) is 1.58. The Hall–Kier alpha value is -1.75. The number of nitrogens with two attached hydrogens (primary N) is 1. The van der Waals surface area contributed by atoms with Gasteiger partial charge in [0, 0.05) is 17.9 Å². The van der Waals surface area contributed by atoms with Crippen LogP contribution in [-0.4, -0.2) is 36.9 Å². The van der Waals surface area contributed by atoms with E-state index in [1.54, 1.807) is 12.1 Å². The molecule has 0 saturated carbocycles. The normalized spacial score (nSPS) is 19.8. The third-order valence-electron chi connectivity index (χ3n) is 3.30. The molecule has 1 aromatic carbocycles. The first-order valence-corrected chi connectivity index (χ1v) is 6.10. The van der Waals surface area contributed by atoms with E-state index in [1.807, 2.05) is 6.07 Å². The first kappa shape index (κ1) is 12.7. The van der Waals surface area contributed by atoms with E-state index in [0.717, 1.165) is 18.7 Å². The van der Waals surface area contributed by atoms with Gasteiger partial charge in [-0.15, -0.1) is 0 Å². The minimum absolute atomic E-state index is 0.161. The molecule has 1 fully saturated rings. The Bertz CT molecular complexity index is 448. The van der Waals surface area contributed by atoms with E-state index in [0.29, 0.717) is 24.9 Å². The number of nitrogen functional groups attached to an aromatic ring is 1. The van der Waals surface area contributed by atoms with Crippen molar-refractivity contribution < 1.29 is 14.6 Å². The fourth-order valence-electron chi connectivity index (χ4n) is 2.24. The molecule has 1 aromatic rings. The van der Waals surface area contributed by atoms with Crippen molar-refractivity contribution in [3.8, 4) is 0 Å². The van der Waals surface area contributed by atoms with E-state index in [4.69, 9.17) is 15.6 Å². The molecule has 0 spiro atoms. The molecule has 0 aromatic heterocycles. The van der Waals surface area contributed by atoms with Crippen molar-refractivity contribution in [3.63, 3.8) is 0 Å². The Balaban J connectivity index is 2.32. The van der Waals surface area contributed by atoms with Crippen LogP contribution < -0.4 is 10.6 Å². The molecule has 1 aliphatic heterocycles. The number of carbonyl (C=O) groups is 1. The van der Waals surface area contributed by atoms with E-state index < -0.39 is 5.97 Å². The van der Waals surface area contributed by atoms with E-state index in [1.165, 1.54) is 0 Å². The highest BCUT2D eigenvalue weighted by atomic mass is 16.5. The zero-order chi connectivity index (χ0) is 13.1. The van der Waals surface area contributed by atoms with Gasteiger partial charge in [0.1, 0.15) is 0 Å². The summed E-state index contributed by atoms with van der Waals surface area (Å²) in [5.74, 6) is -0.990. The van der Waals surface area contributed by atoms with Crippen molar-refractivity contribution in [2.24, 2.45) is 0 Å². The van der Waals surface area contributed by atoms with E-state index in [2.05, 4.69) is 11.8 Å². The van der Waals surface area contributed by atoms with Crippen molar-refractivity contribution in [3.05, 3.63) is 23.8 Å². The van der Waals surface area contributed by atoms with Gasteiger partial charge in [-0.1, -0.05) is 6.92 Å². The maximum absolute atomic E-state index is 11.1. The highest BCUT2D eigenvalue weighted by Crippen LogP contribution is 2.25. The van der Waals surface area contributed by atoms with Crippen LogP contribution in [0.2, 0.25) is 0 Å². The van der Waals surface area contributed by atoms with Crippen LogP contribution in [0.1, 0.15) is 23.7 Å². The van der Waals surface area contributed by atoms with Gasteiger partial charge in [0.2, 0.25) is 0 Å². The molecular weight excluding hydrogens is 232 g/mol. The van der Waals surface area contributed by atoms with Crippen molar-refractivity contribution in [1.29, 1.82) is 0 Å². The first-order chi connectivity index (χ1) is 8.63. The quantitative estimate of drug-likeness (QED) is 0.797. The van der Waals surface area contributed by atoms with Gasteiger partial charge in [-0.25, -0.2) is 4.79 Å². The summed E-state index contributed by atoms with van der Waals surface area (Å²) < 4.78 is 5.44. The second-order valence-corrected chi connectivity index (χ2v) is 4.41. The number of rotatable bonds is 3. The number of ether oxygens (including phenoxy) is 1. The first-order valence-electron chi connectivity index (χ1n) is 6.10. The fourth-order valence-corrected chi connectivity index (χ4v) is 2.24. The van der Waals surface area contributed by atoms with Gasteiger partial charge < -0.3 is 20.5 Å². The van der Waals surface area contributed by atoms with Gasteiger partial charge in [0.05, 0.1) is 24.8 Å². The molecule has 18 heavy (non-hydrogen) atoms. The van der Waals surface area contributed by atoms with Crippen LogP contribution in [0.3, 0.4) is 0 Å². The number of morpholine rings is 1. The lowest BCUT2D eigenvalue weighted by Gasteiger charge is -2.37. The number of benzene rings is 1. The highest BCUT2D eigenvalue weighted by Gasteiger charge is 2.22. The van der Waals surface area contributed by atoms with Gasteiger partial charge in [0.25, 0.3) is 0 Å². The summed E-state index contributed by atoms with van der Waals surface area (Å²) in [7, 11) is 0. The fraction of sp³-hybridized carbons (Fsp3) is 0.462. The largest absolute Gasteiger partial charge is 0.478 e. The molecule has 5 nitrogen and oxygen atoms in total. The number of carboxylic acid groups (broad SMARTS) is 1. The maximum Gasteiger partial charge on any atom is 0.337 e. The summed E-state index contributed by atoms with van der Waals surface area (Å²) in [6.07, 6.45) is 0.965. The van der Waals surface area contributed by atoms with Crippen LogP contribution in [0, 0.1) is 0 Å². The van der Waals surface area contributed by atoms with Crippen LogP contribution in [0.4, 0.5) is 11.4 Å². The summed E-state index contributed by atoms with van der Waals surface area (Å²) in [6, 6.07) is 5.46. The lowest BCUT2D eigenvalue weighted by molar-refractivity contribution is 0.0698. The Morgan fingerprint density at radius 1 is 1.61 bits per heavy atom. The molecule has 0 bridgehead atoms. The molecule has 1 unspecified atom stereocenters. The third-order valence-corrected chi connectivity index (χ3v) is 3.30. The molecule has 0 amide bonds. The van der Waals surface area contributed by atoms with Crippen LogP contribution in [-0.2, 0) is 4.74 Å². The standard InChI is InChI=1S/C13H18N2O3/c1-2-9-8-18-6-5-15(9)10-3-4-12(14)11(7-10)13(16)17/h3-4,7,9H,2,5-6,8,14H2,1H3,(H,16,17). The van der Waals surface area contributed by atoms with E-state index in [9.17, 15) is 4.79 Å². The second kappa shape index (κ2) is 5.27. The summed E-state index contributed by atoms with van der Waals surface area (Å²) >= 11 is 0. The number of anilines is 2. The van der Waals surface area contributed by atoms with Gasteiger partial charge >= 0.3 is 5.97 Å². The monoisotopic (exact) mass is 250 g/mol. The number of nitrogens with zero attached hydrogens (tertiary/aromatic N) is 1. The molecule has 98 valence electrons. The zero-order valence-electron chi connectivity index (χ0n) is 10.4. The third kappa shape index (κ3) is 2.41. The molecule has 1 aliphatic rings. The lowest BCUT2D eigenvalue weighted by atomic mass is 10.1. The van der Waals surface area contributed by atoms with Crippen LogP contribution in [0.15, 0.2) is 18.2 Å². The number of aromatic carboxylic acids is 1. The Morgan fingerprint density at radius 3 is 3.06 bits per heavy atom. The topological polar surface area (TPSA) is 75.8 Å². The summed E-state index contributed by atoms with van der Waals surface area (Å²) in [6.45, 7) is 4.23. The second-order valence-electron chi connectivity index (χ2n) is 4.41. The summed E-state index contributed by atoms with van der Waals surface area (Å²) in [5, 5.41) is 9.09. The summed E-state index contributed by atoms with van der Waals surface area (Å²) in [4.78, 5) is 13.3. The van der Waals surface area contributed by atoms with Gasteiger partial charge in [0.15, 0.2) is 0 Å². The molecule has 3 N–H and O–H groups in total. The van der Waals surface area contributed by atoms with Gasteiger partial charge in [-0.3, -0.25) is 0 Å². The molecule has 0 radical (unpaired) electrons. The molecule has 1 heterocycles. The number of hydrogen-bond donors (Lipinski definition) is 2. The molecule has 0 aliphatic carbocycles. The molecule has 2 rings (SSSR count). The van der Waals surface area contributed by atoms with E-state index in [-0.39, 0.29) is 5.56 Å². The Labute approximate surface area is 106 Å². The predicted molar refractivity (Wildman–Crippen MR) is 70.1 cm³/mol. The van der Waals surface area contributed by atoms with Gasteiger partial charge in [-0.2, -0.15) is 0 Å². The Kier molecular flexibility index (Phi) is 3.72. The minimum Gasteiger partial charge on any atom is -0.478 e. The number of hydrogen-bond acceptors (Lipinski definition) is 4. The van der Waals surface area contributed by atoms with E-state index >= 15 is 0 Å². The molecular formula is C13H18N2O3. The maximum atomic E-state index is 11.1. The van der Waals surface area contributed by atoms with Crippen LogP contribution >= 0.6 is 0 Å². The summed E-state index contributed by atoms with van der Waals surface area (Å²) in [5.41, 5.74) is 7.02. The zero-order valence-corrected chi connectivity index (χ0v) is 10.4. The van der Waals surface area contributed by atoms with Crippen molar-refractivity contribution in [2.75, 3.05) is 30.4 Å². The number of carboxylic acids is 1. The molecule has 1 atom stereocenters. The van der Waals surface area contributed by atoms with Crippen molar-refractivity contribution in [1.82, 2.24) is 0 Å². The van der Waals surface area contributed by atoms with Crippen LogP contribution in [0.5, 0.6) is 0 Å². The average Bonchev–Trinajstić information content (AvgIpc) is 2.39. The van der Waals surface area contributed by atoms with Crippen molar-refractivity contribution >= 4 is 17.3 Å². The molecule has 1 saturated heterocycles. The van der Waals surface area contributed by atoms with Crippen molar-refractivity contribution in [2.45, 2.75) is 19.4 Å². The smallest absolute Gasteiger partial charge is 0.337 e. The van der Waals surface area contributed by atoms with Crippen LogP contribution in [0.25, 0.3) is 0 Å². The van der Waals surface area contributed by atoms with Gasteiger partial charge in [-0.05, 0) is 24.6 Å². The molecule has 5 heteroatoms. The lowest BCUT2D eigenvalue weighted by Crippen LogP contribution is -2.45. The SMILES string of the molecule is CCC1COCCN1c1ccc(N)c(C(=O)O)c1.